The zero-order chi connectivity index (χ0) is 19.7. The van der Waals surface area contributed by atoms with E-state index in [9.17, 15) is 9.90 Å². The fourth-order valence-corrected chi connectivity index (χ4v) is 6.19. The van der Waals surface area contributed by atoms with Crippen LogP contribution in [0.5, 0.6) is 0 Å². The number of carbonyl (C=O) groups is 1. The van der Waals surface area contributed by atoms with Gasteiger partial charge in [0.2, 0.25) is 0 Å². The summed E-state index contributed by atoms with van der Waals surface area (Å²) < 4.78 is 6.50. The molecule has 142 valence electrons. The second kappa shape index (κ2) is 5.67. The highest BCUT2D eigenvalue weighted by molar-refractivity contribution is 5.80. The van der Waals surface area contributed by atoms with Gasteiger partial charge in [0, 0.05) is 28.2 Å². The number of hydrogen-bond acceptors (Lipinski definition) is 3. The first-order valence-corrected chi connectivity index (χ1v) is 9.21. The summed E-state index contributed by atoms with van der Waals surface area (Å²) in [5, 5.41) is 20.3. The lowest BCUT2D eigenvalue weighted by molar-refractivity contribution is -0.131. The van der Waals surface area contributed by atoms with Gasteiger partial charge in [-0.05, 0) is 31.9 Å². The van der Waals surface area contributed by atoms with Crippen molar-refractivity contribution in [2.45, 2.75) is 59.9 Å². The van der Waals surface area contributed by atoms with E-state index in [1.807, 2.05) is 13.8 Å². The van der Waals surface area contributed by atoms with Gasteiger partial charge in [0.15, 0.2) is 0 Å². The minimum Gasteiger partial charge on any atom is -0.478 e. The van der Waals surface area contributed by atoms with E-state index in [2.05, 4.69) is 46.4 Å². The van der Waals surface area contributed by atoms with Crippen molar-refractivity contribution in [1.29, 1.82) is 0 Å². The number of ether oxygens (including phenoxy) is 1. The van der Waals surface area contributed by atoms with Crippen molar-refractivity contribution in [3.8, 4) is 0 Å². The molecule has 26 heavy (non-hydrogen) atoms. The first-order chi connectivity index (χ1) is 11.9. The highest BCUT2D eigenvalue weighted by atomic mass is 16.5. The number of carboxylic acids is 1. The summed E-state index contributed by atoms with van der Waals surface area (Å²) in [4.78, 5) is 11.2. The third kappa shape index (κ3) is 2.06. The Kier molecular flexibility index (Phi) is 4.17. The van der Waals surface area contributed by atoms with Crippen molar-refractivity contribution in [1.82, 2.24) is 0 Å². The number of aliphatic hydroxyl groups is 1. The summed E-state index contributed by atoms with van der Waals surface area (Å²) in [5.41, 5.74) is 1.69. The van der Waals surface area contributed by atoms with E-state index in [4.69, 9.17) is 9.84 Å². The van der Waals surface area contributed by atoms with Crippen LogP contribution < -0.4 is 0 Å². The molecule has 4 nitrogen and oxygen atoms in total. The molecule has 0 radical (unpaired) electrons. The number of allylic oxidation sites excluding steroid dienone is 2. The predicted molar refractivity (Wildman–Crippen MR) is 102 cm³/mol. The molecule has 2 fully saturated rings. The molecule has 7 unspecified atom stereocenters. The van der Waals surface area contributed by atoms with Gasteiger partial charge in [0.1, 0.15) is 0 Å². The highest BCUT2D eigenvalue weighted by Gasteiger charge is 2.73. The lowest BCUT2D eigenvalue weighted by Gasteiger charge is -2.56. The summed E-state index contributed by atoms with van der Waals surface area (Å²) in [6.45, 7) is 16.7. The Labute approximate surface area is 155 Å². The third-order valence-electron chi connectivity index (χ3n) is 7.46. The second-order valence-electron chi connectivity index (χ2n) is 8.83. The van der Waals surface area contributed by atoms with Crippen LogP contribution in [-0.2, 0) is 9.53 Å². The highest BCUT2D eigenvalue weighted by Crippen LogP contribution is 2.72. The third-order valence-corrected chi connectivity index (χ3v) is 7.46. The Morgan fingerprint density at radius 2 is 1.96 bits per heavy atom. The van der Waals surface area contributed by atoms with Crippen molar-refractivity contribution in [3.05, 3.63) is 47.6 Å². The summed E-state index contributed by atoms with van der Waals surface area (Å²) in [6, 6.07) is 0. The molecular weight excluding hydrogens is 328 g/mol. The van der Waals surface area contributed by atoms with E-state index in [1.165, 1.54) is 5.57 Å². The molecule has 0 aromatic rings. The summed E-state index contributed by atoms with van der Waals surface area (Å²) >= 11 is 0. The standard InChI is InChI=1S/C22H30O4/c1-8-12(2)18-21(6)11-13(3)16-20(5,10-9-15(23)24)17(25)14(4)19(26-18)22(16,21)7/h8-11,16-19,25H,4H2,1-3,5-7H3,(H,23,24). The fraction of sp³-hybridized carbons (Fsp3) is 0.591. The van der Waals surface area contributed by atoms with E-state index in [0.717, 1.165) is 11.6 Å². The SMILES string of the molecule is C=C1C(O)C(C)(C=CC(=O)O)C2C(C)=CC3(C)C(C(C)=CC)OC1C23C. The van der Waals surface area contributed by atoms with Crippen LogP contribution in [0.1, 0.15) is 41.5 Å². The topological polar surface area (TPSA) is 66.8 Å². The minimum atomic E-state index is -1.01. The Morgan fingerprint density at radius 3 is 2.50 bits per heavy atom. The molecule has 0 bridgehead atoms. The van der Waals surface area contributed by atoms with Crippen molar-refractivity contribution < 1.29 is 19.7 Å². The predicted octanol–water partition coefficient (Wildman–Crippen LogP) is 3.89. The van der Waals surface area contributed by atoms with E-state index < -0.39 is 17.5 Å². The average Bonchev–Trinajstić information content (AvgIpc) is 2.91. The van der Waals surface area contributed by atoms with E-state index in [1.54, 1.807) is 6.08 Å². The zero-order valence-electron chi connectivity index (χ0n) is 16.5. The van der Waals surface area contributed by atoms with Gasteiger partial charge in [0.05, 0.1) is 18.3 Å². The molecule has 1 aliphatic heterocycles. The Morgan fingerprint density at radius 1 is 1.35 bits per heavy atom. The fourth-order valence-electron chi connectivity index (χ4n) is 6.19. The molecular formula is C22H30O4. The van der Waals surface area contributed by atoms with Gasteiger partial charge in [-0.3, -0.25) is 0 Å². The summed E-state index contributed by atoms with van der Waals surface area (Å²) in [6.07, 6.45) is 5.94. The van der Waals surface area contributed by atoms with Crippen LogP contribution in [0.3, 0.4) is 0 Å². The van der Waals surface area contributed by atoms with Gasteiger partial charge >= 0.3 is 5.97 Å². The maximum absolute atomic E-state index is 11.2. The molecule has 2 N–H and O–H groups in total. The molecule has 4 heteroatoms. The van der Waals surface area contributed by atoms with E-state index >= 15 is 0 Å². The lowest BCUT2D eigenvalue weighted by Crippen LogP contribution is -2.58. The monoisotopic (exact) mass is 358 g/mol. The minimum absolute atomic E-state index is 0.0317. The zero-order valence-corrected chi connectivity index (χ0v) is 16.5. The first-order valence-electron chi connectivity index (χ1n) is 9.21. The number of carboxylic acid groups (broad SMARTS) is 1. The van der Waals surface area contributed by atoms with Crippen LogP contribution in [0.25, 0.3) is 0 Å². The van der Waals surface area contributed by atoms with Crippen molar-refractivity contribution in [2.75, 3.05) is 0 Å². The largest absolute Gasteiger partial charge is 0.478 e. The number of aliphatic carboxylic acids is 1. The first kappa shape index (κ1) is 19.1. The maximum Gasteiger partial charge on any atom is 0.327 e. The molecule has 0 spiro atoms. The molecule has 1 saturated carbocycles. The smallest absolute Gasteiger partial charge is 0.327 e. The Hall–Kier alpha value is -1.65. The van der Waals surface area contributed by atoms with Gasteiger partial charge in [-0.2, -0.15) is 0 Å². The van der Waals surface area contributed by atoms with Gasteiger partial charge in [-0.25, -0.2) is 4.79 Å². The molecule has 2 aliphatic carbocycles. The Bertz CT molecular complexity index is 760. The van der Waals surface area contributed by atoms with Crippen LogP contribution in [0.4, 0.5) is 0 Å². The van der Waals surface area contributed by atoms with Crippen molar-refractivity contribution in [2.24, 2.45) is 22.2 Å². The molecule has 3 aliphatic rings. The van der Waals surface area contributed by atoms with Crippen LogP contribution in [0.2, 0.25) is 0 Å². The second-order valence-corrected chi connectivity index (χ2v) is 8.83. The maximum atomic E-state index is 11.2. The number of aliphatic hydroxyl groups excluding tert-OH is 1. The summed E-state index contributed by atoms with van der Waals surface area (Å²) in [7, 11) is 0. The van der Waals surface area contributed by atoms with Crippen LogP contribution >= 0.6 is 0 Å². The molecule has 0 amide bonds. The summed E-state index contributed by atoms with van der Waals surface area (Å²) in [5.74, 6) is -1.04. The van der Waals surface area contributed by atoms with Crippen molar-refractivity contribution >= 4 is 5.97 Å². The Balaban J connectivity index is 2.23. The van der Waals surface area contributed by atoms with Crippen LogP contribution in [0.15, 0.2) is 47.6 Å². The molecule has 3 rings (SSSR count). The van der Waals surface area contributed by atoms with Gasteiger partial charge < -0.3 is 14.9 Å². The molecule has 1 saturated heterocycles. The van der Waals surface area contributed by atoms with Crippen LogP contribution in [-0.4, -0.2) is 34.5 Å². The van der Waals surface area contributed by atoms with Crippen LogP contribution in [0, 0.1) is 22.2 Å². The van der Waals surface area contributed by atoms with Gasteiger partial charge in [-0.1, -0.05) is 51.2 Å². The van der Waals surface area contributed by atoms with Crippen molar-refractivity contribution in [3.63, 3.8) is 0 Å². The van der Waals surface area contributed by atoms with Gasteiger partial charge in [-0.15, -0.1) is 0 Å². The van der Waals surface area contributed by atoms with Gasteiger partial charge in [0.25, 0.3) is 0 Å². The molecule has 0 aromatic heterocycles. The molecule has 7 atom stereocenters. The van der Waals surface area contributed by atoms with E-state index in [0.29, 0.717) is 5.57 Å². The van der Waals surface area contributed by atoms with E-state index in [-0.39, 0.29) is 29.0 Å². The average molecular weight is 358 g/mol. The molecule has 0 aromatic carbocycles. The molecule has 1 heterocycles. The number of hydrogen-bond donors (Lipinski definition) is 2. The number of rotatable bonds is 3. The quantitative estimate of drug-likeness (QED) is 0.593. The lowest BCUT2D eigenvalue weighted by atomic mass is 9.47. The normalized spacial score (nSPS) is 48.0.